The Kier molecular flexibility index (Phi) is 5.16. The van der Waals surface area contributed by atoms with E-state index >= 15 is 0 Å². The summed E-state index contributed by atoms with van der Waals surface area (Å²) in [7, 11) is 0. The van der Waals surface area contributed by atoms with Gasteiger partial charge >= 0.3 is 0 Å². The lowest BCUT2D eigenvalue weighted by molar-refractivity contribution is -0.132. The molecule has 1 aromatic carbocycles. The molecule has 0 aliphatic carbocycles. The van der Waals surface area contributed by atoms with E-state index in [1.165, 1.54) is 6.92 Å². The highest BCUT2D eigenvalue weighted by atomic mass is 16.5. The van der Waals surface area contributed by atoms with Crippen LogP contribution in [0.1, 0.15) is 32.3 Å². The van der Waals surface area contributed by atoms with Crippen LogP contribution in [0.3, 0.4) is 0 Å². The fraction of sp³-hybridized carbons (Fsp3) is 0.579. The minimum Gasteiger partial charge on any atom is -0.487 e. The minimum atomic E-state index is -0.0364. The van der Waals surface area contributed by atoms with Crippen molar-refractivity contribution in [2.75, 3.05) is 31.1 Å². The van der Waals surface area contributed by atoms with Gasteiger partial charge in [0.2, 0.25) is 11.8 Å². The van der Waals surface area contributed by atoms with Crippen molar-refractivity contribution < 1.29 is 14.3 Å². The van der Waals surface area contributed by atoms with Crippen LogP contribution in [-0.2, 0) is 9.59 Å². The number of ether oxygens (including phenoxy) is 1. The number of hydrogen-bond donors (Lipinski definition) is 1. The van der Waals surface area contributed by atoms with Gasteiger partial charge in [0, 0.05) is 26.1 Å². The number of amides is 2. The molecule has 0 radical (unpaired) electrons. The molecule has 1 fully saturated rings. The lowest BCUT2D eigenvalue weighted by Gasteiger charge is -2.38. The van der Waals surface area contributed by atoms with E-state index in [9.17, 15) is 9.59 Å². The van der Waals surface area contributed by atoms with E-state index in [2.05, 4.69) is 16.3 Å². The van der Waals surface area contributed by atoms with Gasteiger partial charge in [0.1, 0.15) is 11.9 Å². The molecule has 2 amide bonds. The summed E-state index contributed by atoms with van der Waals surface area (Å²) in [4.78, 5) is 28.1. The third-order valence-electron chi connectivity index (χ3n) is 4.77. The molecule has 136 valence electrons. The molecule has 0 spiro atoms. The zero-order chi connectivity index (χ0) is 18.0. The predicted octanol–water partition coefficient (Wildman–Crippen LogP) is 1.71. The number of nitrogens with one attached hydrogen (secondary N) is 1. The molecular weight excluding hydrogens is 318 g/mol. The molecule has 2 aliphatic heterocycles. The van der Waals surface area contributed by atoms with E-state index in [-0.39, 0.29) is 24.0 Å². The second-order valence-electron chi connectivity index (χ2n) is 7.16. The standard InChI is InChI=1S/C19H27N3O3/c1-13-6-7-18-17(9-13)22(10-14(2)25-18)12-19(24)21-8-4-5-16(11-21)20-15(3)23/h6-7,9,14,16H,4-5,8,10-12H2,1-3H3,(H,20,23). The Morgan fingerprint density at radius 3 is 2.88 bits per heavy atom. The number of likely N-dealkylation sites (tertiary alicyclic amines) is 1. The van der Waals surface area contributed by atoms with Crippen molar-refractivity contribution in [3.05, 3.63) is 23.8 Å². The maximum absolute atomic E-state index is 12.8. The minimum absolute atomic E-state index is 0.0364. The van der Waals surface area contributed by atoms with E-state index in [0.29, 0.717) is 19.6 Å². The number of rotatable bonds is 3. The molecule has 0 bridgehead atoms. The summed E-state index contributed by atoms with van der Waals surface area (Å²) in [6, 6.07) is 6.14. The lowest BCUT2D eigenvalue weighted by atomic mass is 10.1. The first-order valence-corrected chi connectivity index (χ1v) is 8.99. The maximum Gasteiger partial charge on any atom is 0.242 e. The molecule has 1 saturated heterocycles. The Morgan fingerprint density at radius 1 is 1.32 bits per heavy atom. The SMILES string of the molecule is CC(=O)NC1CCCN(C(=O)CN2CC(C)Oc3ccc(C)cc32)C1. The number of hydrogen-bond acceptors (Lipinski definition) is 4. The zero-order valence-electron chi connectivity index (χ0n) is 15.2. The van der Waals surface area contributed by atoms with Crippen molar-refractivity contribution in [2.45, 2.75) is 45.8 Å². The number of piperidine rings is 1. The lowest BCUT2D eigenvalue weighted by Crippen LogP contribution is -2.52. The fourth-order valence-electron chi connectivity index (χ4n) is 3.66. The van der Waals surface area contributed by atoms with Gasteiger partial charge in [0.05, 0.1) is 18.8 Å². The van der Waals surface area contributed by atoms with Crippen LogP contribution in [0.25, 0.3) is 0 Å². The molecule has 2 aliphatic rings. The molecule has 2 unspecified atom stereocenters. The Bertz CT molecular complexity index is 661. The summed E-state index contributed by atoms with van der Waals surface area (Å²) >= 11 is 0. The van der Waals surface area contributed by atoms with Gasteiger partial charge in [0.15, 0.2) is 0 Å². The number of carbonyl (C=O) groups excluding carboxylic acids is 2. The second-order valence-corrected chi connectivity index (χ2v) is 7.16. The number of nitrogens with zero attached hydrogens (tertiary/aromatic N) is 2. The molecule has 0 saturated carbocycles. The number of fused-ring (bicyclic) bond motifs is 1. The average molecular weight is 345 g/mol. The quantitative estimate of drug-likeness (QED) is 0.906. The van der Waals surface area contributed by atoms with Gasteiger partial charge in [-0.3, -0.25) is 9.59 Å². The Balaban J connectivity index is 1.68. The zero-order valence-corrected chi connectivity index (χ0v) is 15.2. The highest BCUT2D eigenvalue weighted by Gasteiger charge is 2.29. The summed E-state index contributed by atoms with van der Waals surface area (Å²) < 4.78 is 5.89. The second kappa shape index (κ2) is 7.33. The van der Waals surface area contributed by atoms with Gasteiger partial charge in [0.25, 0.3) is 0 Å². The summed E-state index contributed by atoms with van der Waals surface area (Å²) in [5.74, 6) is 0.911. The molecule has 6 nitrogen and oxygen atoms in total. The highest BCUT2D eigenvalue weighted by Crippen LogP contribution is 2.34. The number of aryl methyl sites for hydroxylation is 1. The van der Waals surface area contributed by atoms with E-state index in [1.54, 1.807) is 0 Å². The normalized spacial score (nSPS) is 22.8. The highest BCUT2D eigenvalue weighted by molar-refractivity contribution is 5.83. The molecule has 6 heteroatoms. The summed E-state index contributed by atoms with van der Waals surface area (Å²) in [6.45, 7) is 7.99. The predicted molar refractivity (Wildman–Crippen MR) is 96.9 cm³/mol. The smallest absolute Gasteiger partial charge is 0.242 e. The number of benzene rings is 1. The van der Waals surface area contributed by atoms with Gasteiger partial charge in [-0.2, -0.15) is 0 Å². The Labute approximate surface area is 149 Å². The summed E-state index contributed by atoms with van der Waals surface area (Å²) in [5, 5.41) is 2.93. The molecule has 1 N–H and O–H groups in total. The first-order valence-electron chi connectivity index (χ1n) is 8.99. The Morgan fingerprint density at radius 2 is 2.12 bits per heavy atom. The maximum atomic E-state index is 12.8. The molecule has 0 aromatic heterocycles. The third-order valence-corrected chi connectivity index (χ3v) is 4.77. The first-order chi connectivity index (χ1) is 11.9. The van der Waals surface area contributed by atoms with Crippen LogP contribution >= 0.6 is 0 Å². The van der Waals surface area contributed by atoms with Crippen molar-refractivity contribution in [1.82, 2.24) is 10.2 Å². The van der Waals surface area contributed by atoms with Crippen LogP contribution < -0.4 is 15.0 Å². The van der Waals surface area contributed by atoms with Crippen molar-refractivity contribution in [2.24, 2.45) is 0 Å². The fourth-order valence-corrected chi connectivity index (χ4v) is 3.66. The van der Waals surface area contributed by atoms with E-state index in [4.69, 9.17) is 4.74 Å². The van der Waals surface area contributed by atoms with Crippen LogP contribution in [-0.4, -0.2) is 55.0 Å². The monoisotopic (exact) mass is 345 g/mol. The third kappa shape index (κ3) is 4.24. The van der Waals surface area contributed by atoms with Gasteiger partial charge < -0.3 is 19.9 Å². The van der Waals surface area contributed by atoms with Gasteiger partial charge in [-0.25, -0.2) is 0 Å². The molecule has 25 heavy (non-hydrogen) atoms. The molecule has 3 rings (SSSR count). The topological polar surface area (TPSA) is 61.9 Å². The number of anilines is 1. The molecule has 2 heterocycles. The average Bonchev–Trinajstić information content (AvgIpc) is 2.55. The van der Waals surface area contributed by atoms with E-state index in [0.717, 1.165) is 36.4 Å². The van der Waals surface area contributed by atoms with Crippen LogP contribution in [0.5, 0.6) is 5.75 Å². The van der Waals surface area contributed by atoms with Crippen LogP contribution in [0.15, 0.2) is 18.2 Å². The van der Waals surface area contributed by atoms with Crippen LogP contribution in [0.4, 0.5) is 5.69 Å². The van der Waals surface area contributed by atoms with Gasteiger partial charge in [-0.1, -0.05) is 6.07 Å². The van der Waals surface area contributed by atoms with Crippen molar-refractivity contribution >= 4 is 17.5 Å². The first kappa shape index (κ1) is 17.6. The summed E-state index contributed by atoms with van der Waals surface area (Å²) in [6.07, 6.45) is 1.91. The number of carbonyl (C=O) groups is 2. The van der Waals surface area contributed by atoms with E-state index in [1.807, 2.05) is 30.9 Å². The van der Waals surface area contributed by atoms with Crippen LogP contribution in [0.2, 0.25) is 0 Å². The molecule has 1 aromatic rings. The van der Waals surface area contributed by atoms with E-state index < -0.39 is 0 Å². The van der Waals surface area contributed by atoms with Crippen molar-refractivity contribution in [3.8, 4) is 5.75 Å². The van der Waals surface area contributed by atoms with Gasteiger partial charge in [-0.05, 0) is 44.4 Å². The largest absolute Gasteiger partial charge is 0.487 e. The Hall–Kier alpha value is -2.24. The molecule has 2 atom stereocenters. The van der Waals surface area contributed by atoms with Crippen LogP contribution in [0, 0.1) is 6.92 Å². The summed E-state index contributed by atoms with van der Waals surface area (Å²) in [5.41, 5.74) is 2.14. The molecular formula is C19H27N3O3. The van der Waals surface area contributed by atoms with Crippen molar-refractivity contribution in [1.29, 1.82) is 0 Å². The van der Waals surface area contributed by atoms with Crippen molar-refractivity contribution in [3.63, 3.8) is 0 Å². The van der Waals surface area contributed by atoms with Gasteiger partial charge in [-0.15, -0.1) is 0 Å².